The molecule has 1 aromatic rings. The van der Waals surface area contributed by atoms with Gasteiger partial charge in [0.15, 0.2) is 0 Å². The first-order chi connectivity index (χ1) is 8.13. The molecule has 5 heteroatoms. The highest BCUT2D eigenvalue weighted by Crippen LogP contribution is 2.24. The van der Waals surface area contributed by atoms with Gasteiger partial charge in [-0.15, -0.1) is 5.92 Å². The van der Waals surface area contributed by atoms with Gasteiger partial charge in [0.1, 0.15) is 5.75 Å². The summed E-state index contributed by atoms with van der Waals surface area (Å²) in [5.41, 5.74) is 0.579. The van der Waals surface area contributed by atoms with Crippen LogP contribution in [0.2, 0.25) is 5.02 Å². The minimum atomic E-state index is -2.84. The Kier molecular flexibility index (Phi) is 5.75. The predicted molar refractivity (Wildman–Crippen MR) is 63.2 cm³/mol. The summed E-state index contributed by atoms with van der Waals surface area (Å²) in [6, 6.07) is 4.53. The highest BCUT2D eigenvalue weighted by Gasteiger charge is 2.09. The lowest BCUT2D eigenvalue weighted by Crippen LogP contribution is -2.15. The Labute approximate surface area is 104 Å². The SMILES string of the molecule is CC#CCNCc1cc(Cl)ccc1OC(F)F. The van der Waals surface area contributed by atoms with Crippen molar-refractivity contribution >= 4 is 11.6 Å². The van der Waals surface area contributed by atoms with Crippen molar-refractivity contribution in [2.24, 2.45) is 0 Å². The van der Waals surface area contributed by atoms with Gasteiger partial charge in [0.25, 0.3) is 0 Å². The lowest BCUT2D eigenvalue weighted by atomic mass is 10.2. The number of hydrogen-bond acceptors (Lipinski definition) is 2. The molecule has 0 bridgehead atoms. The fraction of sp³-hybridized carbons (Fsp3) is 0.333. The lowest BCUT2D eigenvalue weighted by molar-refractivity contribution is -0.0504. The number of nitrogens with one attached hydrogen (secondary N) is 1. The largest absolute Gasteiger partial charge is 0.434 e. The third-order valence-electron chi connectivity index (χ3n) is 1.94. The first-order valence-corrected chi connectivity index (χ1v) is 5.35. The van der Waals surface area contributed by atoms with Crippen molar-refractivity contribution in [2.45, 2.75) is 20.1 Å². The summed E-state index contributed by atoms with van der Waals surface area (Å²) in [7, 11) is 0. The molecular weight excluding hydrogens is 248 g/mol. The van der Waals surface area contributed by atoms with E-state index in [0.29, 0.717) is 23.7 Å². The van der Waals surface area contributed by atoms with Crippen molar-refractivity contribution in [1.29, 1.82) is 0 Å². The second kappa shape index (κ2) is 7.10. The second-order valence-corrected chi connectivity index (χ2v) is 3.60. The van der Waals surface area contributed by atoms with Gasteiger partial charge in [-0.3, -0.25) is 0 Å². The van der Waals surface area contributed by atoms with Gasteiger partial charge >= 0.3 is 6.61 Å². The average Bonchev–Trinajstić information content (AvgIpc) is 2.27. The Morgan fingerprint density at radius 3 is 2.88 bits per heavy atom. The fourth-order valence-electron chi connectivity index (χ4n) is 1.25. The molecule has 0 heterocycles. The van der Waals surface area contributed by atoms with Gasteiger partial charge in [-0.05, 0) is 25.1 Å². The monoisotopic (exact) mass is 259 g/mol. The van der Waals surface area contributed by atoms with Gasteiger partial charge in [0.2, 0.25) is 0 Å². The van der Waals surface area contributed by atoms with Crippen LogP contribution in [0.1, 0.15) is 12.5 Å². The molecule has 0 radical (unpaired) electrons. The average molecular weight is 260 g/mol. The molecular formula is C12H12ClF2NO. The number of ether oxygens (including phenoxy) is 1. The van der Waals surface area contributed by atoms with Crippen LogP contribution >= 0.6 is 11.6 Å². The molecule has 0 aliphatic carbocycles. The Hall–Kier alpha value is -1.31. The maximum atomic E-state index is 12.1. The van der Waals surface area contributed by atoms with Crippen LogP contribution in [0.25, 0.3) is 0 Å². The first kappa shape index (κ1) is 13.8. The van der Waals surface area contributed by atoms with E-state index in [-0.39, 0.29) is 5.75 Å². The molecule has 0 saturated heterocycles. The highest BCUT2D eigenvalue weighted by molar-refractivity contribution is 6.30. The van der Waals surface area contributed by atoms with Crippen molar-refractivity contribution in [3.63, 3.8) is 0 Å². The molecule has 0 fully saturated rings. The van der Waals surface area contributed by atoms with Crippen molar-refractivity contribution in [2.75, 3.05) is 6.54 Å². The maximum absolute atomic E-state index is 12.1. The zero-order chi connectivity index (χ0) is 12.7. The third-order valence-corrected chi connectivity index (χ3v) is 2.18. The van der Waals surface area contributed by atoms with Crippen LogP contribution in [-0.2, 0) is 6.54 Å². The molecule has 1 N–H and O–H groups in total. The summed E-state index contributed by atoms with van der Waals surface area (Å²) < 4.78 is 28.7. The van der Waals surface area contributed by atoms with E-state index in [2.05, 4.69) is 21.9 Å². The van der Waals surface area contributed by atoms with Gasteiger partial charge in [0, 0.05) is 17.1 Å². The molecule has 0 saturated carbocycles. The topological polar surface area (TPSA) is 21.3 Å². The molecule has 0 atom stereocenters. The van der Waals surface area contributed by atoms with Crippen molar-refractivity contribution < 1.29 is 13.5 Å². The van der Waals surface area contributed by atoms with Gasteiger partial charge in [0.05, 0.1) is 6.54 Å². The van der Waals surface area contributed by atoms with Crippen LogP contribution in [0.4, 0.5) is 8.78 Å². The number of alkyl halides is 2. The van der Waals surface area contributed by atoms with E-state index in [4.69, 9.17) is 11.6 Å². The zero-order valence-corrected chi connectivity index (χ0v) is 10.0. The Morgan fingerprint density at radius 2 is 2.24 bits per heavy atom. The predicted octanol–water partition coefficient (Wildman–Crippen LogP) is 3.05. The quantitative estimate of drug-likeness (QED) is 0.648. The van der Waals surface area contributed by atoms with Crippen molar-refractivity contribution in [3.05, 3.63) is 28.8 Å². The number of benzene rings is 1. The normalized spacial score (nSPS) is 9.94. The van der Waals surface area contributed by atoms with Crippen LogP contribution in [0, 0.1) is 11.8 Å². The second-order valence-electron chi connectivity index (χ2n) is 3.16. The van der Waals surface area contributed by atoms with Crippen LogP contribution in [0.15, 0.2) is 18.2 Å². The van der Waals surface area contributed by atoms with E-state index in [1.165, 1.54) is 12.1 Å². The van der Waals surface area contributed by atoms with Gasteiger partial charge < -0.3 is 10.1 Å². The fourth-order valence-corrected chi connectivity index (χ4v) is 1.44. The zero-order valence-electron chi connectivity index (χ0n) is 9.27. The van der Waals surface area contributed by atoms with Crippen molar-refractivity contribution in [1.82, 2.24) is 5.32 Å². The molecule has 0 spiro atoms. The number of halogens is 3. The minimum Gasteiger partial charge on any atom is -0.434 e. The molecule has 17 heavy (non-hydrogen) atoms. The number of hydrogen-bond donors (Lipinski definition) is 1. The molecule has 0 aliphatic rings. The van der Waals surface area contributed by atoms with Gasteiger partial charge in [-0.1, -0.05) is 17.5 Å². The number of rotatable bonds is 5. The molecule has 0 amide bonds. The maximum Gasteiger partial charge on any atom is 0.387 e. The van der Waals surface area contributed by atoms with Crippen LogP contribution in [-0.4, -0.2) is 13.2 Å². The summed E-state index contributed by atoms with van der Waals surface area (Å²) in [5, 5.41) is 3.46. The Bertz CT molecular complexity index is 426. The van der Waals surface area contributed by atoms with Gasteiger partial charge in [-0.2, -0.15) is 8.78 Å². The molecule has 92 valence electrons. The summed E-state index contributed by atoms with van der Waals surface area (Å²) in [5.74, 6) is 5.66. The van der Waals surface area contributed by atoms with E-state index < -0.39 is 6.61 Å². The molecule has 1 rings (SSSR count). The highest BCUT2D eigenvalue weighted by atomic mass is 35.5. The van der Waals surface area contributed by atoms with Crippen LogP contribution in [0.5, 0.6) is 5.75 Å². The molecule has 0 unspecified atom stereocenters. The summed E-state index contributed by atoms with van der Waals surface area (Å²) >= 11 is 5.79. The molecule has 0 aromatic heterocycles. The smallest absolute Gasteiger partial charge is 0.387 e. The van der Waals surface area contributed by atoms with Crippen molar-refractivity contribution in [3.8, 4) is 17.6 Å². The van der Waals surface area contributed by atoms with Gasteiger partial charge in [-0.25, -0.2) is 0 Å². The van der Waals surface area contributed by atoms with E-state index in [9.17, 15) is 8.78 Å². The summed E-state index contributed by atoms with van der Waals surface area (Å²) in [4.78, 5) is 0. The molecule has 1 aromatic carbocycles. The summed E-state index contributed by atoms with van der Waals surface area (Å²) in [6.07, 6.45) is 0. The first-order valence-electron chi connectivity index (χ1n) is 4.97. The standard InChI is InChI=1S/C12H12ClF2NO/c1-2-3-6-16-8-9-7-10(13)4-5-11(9)17-12(14)15/h4-5,7,12,16H,6,8H2,1H3. The molecule has 2 nitrogen and oxygen atoms in total. The minimum absolute atomic E-state index is 0.126. The van der Waals surface area contributed by atoms with Crippen LogP contribution < -0.4 is 10.1 Å². The van der Waals surface area contributed by atoms with E-state index in [1.54, 1.807) is 13.0 Å². The third kappa shape index (κ3) is 5.03. The van der Waals surface area contributed by atoms with E-state index >= 15 is 0 Å². The van der Waals surface area contributed by atoms with E-state index in [1.807, 2.05) is 0 Å². The molecule has 0 aliphatic heterocycles. The van der Waals surface area contributed by atoms with E-state index in [0.717, 1.165) is 0 Å². The summed E-state index contributed by atoms with van der Waals surface area (Å²) in [6.45, 7) is -0.258. The van der Waals surface area contributed by atoms with Crippen LogP contribution in [0.3, 0.4) is 0 Å². The Morgan fingerprint density at radius 1 is 1.47 bits per heavy atom. The lowest BCUT2D eigenvalue weighted by Gasteiger charge is -2.11. The Balaban J connectivity index is 2.71.